The van der Waals surface area contributed by atoms with Crippen LogP contribution in [0.4, 0.5) is 0 Å². The number of H-pyrrole nitrogens is 1. The van der Waals surface area contributed by atoms with Crippen LogP contribution in [0.5, 0.6) is 0 Å². The standard InChI is InChI=1S/C11H12N2O3/c1-2-16-11(15)9-8(6-14)7-4-3-5-12-10(7)13-9/h3-6,11,15H,2H2,1H3,(H,12,13). The van der Waals surface area contributed by atoms with Gasteiger partial charge in [0, 0.05) is 23.8 Å². The third kappa shape index (κ3) is 1.70. The lowest BCUT2D eigenvalue weighted by Crippen LogP contribution is -2.05. The van der Waals surface area contributed by atoms with Crippen molar-refractivity contribution in [3.8, 4) is 0 Å². The second kappa shape index (κ2) is 4.42. The van der Waals surface area contributed by atoms with Gasteiger partial charge in [-0.2, -0.15) is 0 Å². The van der Waals surface area contributed by atoms with Gasteiger partial charge in [-0.25, -0.2) is 4.98 Å². The van der Waals surface area contributed by atoms with Crippen LogP contribution >= 0.6 is 0 Å². The van der Waals surface area contributed by atoms with Gasteiger partial charge in [0.05, 0.1) is 5.69 Å². The fourth-order valence-corrected chi connectivity index (χ4v) is 1.63. The maximum Gasteiger partial charge on any atom is 0.197 e. The van der Waals surface area contributed by atoms with E-state index in [2.05, 4.69) is 9.97 Å². The van der Waals surface area contributed by atoms with E-state index in [1.807, 2.05) is 0 Å². The average Bonchev–Trinajstić information content (AvgIpc) is 2.67. The van der Waals surface area contributed by atoms with Gasteiger partial charge in [-0.1, -0.05) is 0 Å². The molecule has 0 radical (unpaired) electrons. The molecule has 1 atom stereocenters. The first kappa shape index (κ1) is 10.8. The SMILES string of the molecule is CCOC(O)c1[nH]c2ncccc2c1C=O. The van der Waals surface area contributed by atoms with Gasteiger partial charge in [0.1, 0.15) is 5.65 Å². The van der Waals surface area contributed by atoms with Crippen molar-refractivity contribution >= 4 is 17.3 Å². The minimum Gasteiger partial charge on any atom is -0.363 e. The molecule has 0 spiro atoms. The number of fused-ring (bicyclic) bond motifs is 1. The first-order valence-electron chi connectivity index (χ1n) is 4.99. The zero-order chi connectivity index (χ0) is 11.5. The third-order valence-corrected chi connectivity index (χ3v) is 2.33. The Bertz CT molecular complexity index is 507. The third-order valence-electron chi connectivity index (χ3n) is 2.33. The summed E-state index contributed by atoms with van der Waals surface area (Å²) in [6.07, 6.45) is 1.18. The summed E-state index contributed by atoms with van der Waals surface area (Å²) in [5.74, 6) is 0. The lowest BCUT2D eigenvalue weighted by Gasteiger charge is -2.08. The zero-order valence-electron chi connectivity index (χ0n) is 8.80. The molecule has 2 aromatic heterocycles. The number of pyridine rings is 1. The summed E-state index contributed by atoms with van der Waals surface area (Å²) in [5, 5.41) is 10.4. The first-order valence-corrected chi connectivity index (χ1v) is 4.99. The van der Waals surface area contributed by atoms with Gasteiger partial charge in [0.2, 0.25) is 0 Å². The Balaban J connectivity index is 2.56. The van der Waals surface area contributed by atoms with E-state index in [4.69, 9.17) is 4.74 Å². The van der Waals surface area contributed by atoms with E-state index in [0.29, 0.717) is 35.2 Å². The molecule has 2 heterocycles. The molecule has 0 fully saturated rings. The number of aliphatic hydroxyl groups is 1. The number of aliphatic hydroxyl groups excluding tert-OH is 1. The molecule has 1 unspecified atom stereocenters. The van der Waals surface area contributed by atoms with Crippen molar-refractivity contribution in [2.24, 2.45) is 0 Å². The van der Waals surface area contributed by atoms with Crippen LogP contribution in [0.2, 0.25) is 0 Å². The van der Waals surface area contributed by atoms with Crippen molar-refractivity contribution < 1.29 is 14.6 Å². The van der Waals surface area contributed by atoms with E-state index in [1.54, 1.807) is 25.3 Å². The molecule has 5 nitrogen and oxygen atoms in total. The lowest BCUT2D eigenvalue weighted by molar-refractivity contribution is -0.100. The number of carbonyl (C=O) groups is 1. The van der Waals surface area contributed by atoms with Crippen LogP contribution in [0, 0.1) is 0 Å². The number of hydrogen-bond acceptors (Lipinski definition) is 4. The van der Waals surface area contributed by atoms with Crippen molar-refractivity contribution in [1.29, 1.82) is 0 Å². The van der Waals surface area contributed by atoms with Crippen LogP contribution in [-0.2, 0) is 4.74 Å². The maximum atomic E-state index is 11.0. The monoisotopic (exact) mass is 220 g/mol. The number of nitrogens with one attached hydrogen (secondary N) is 1. The molecule has 84 valence electrons. The van der Waals surface area contributed by atoms with Gasteiger partial charge in [-0.05, 0) is 19.1 Å². The highest BCUT2D eigenvalue weighted by Gasteiger charge is 2.18. The van der Waals surface area contributed by atoms with Gasteiger partial charge >= 0.3 is 0 Å². The number of ether oxygens (including phenoxy) is 1. The number of hydrogen-bond donors (Lipinski definition) is 2. The molecule has 2 rings (SSSR count). The van der Waals surface area contributed by atoms with Gasteiger partial charge in [0.15, 0.2) is 12.6 Å². The summed E-state index contributed by atoms with van der Waals surface area (Å²) in [4.78, 5) is 18.0. The van der Waals surface area contributed by atoms with Crippen molar-refractivity contribution in [2.45, 2.75) is 13.2 Å². The normalized spacial score (nSPS) is 12.9. The van der Waals surface area contributed by atoms with Crippen LogP contribution in [0.1, 0.15) is 29.3 Å². The van der Waals surface area contributed by atoms with Gasteiger partial charge in [0.25, 0.3) is 0 Å². The average molecular weight is 220 g/mol. The van der Waals surface area contributed by atoms with E-state index in [0.717, 1.165) is 0 Å². The summed E-state index contributed by atoms with van der Waals surface area (Å²) >= 11 is 0. The fourth-order valence-electron chi connectivity index (χ4n) is 1.63. The topological polar surface area (TPSA) is 75.2 Å². The highest BCUT2D eigenvalue weighted by atomic mass is 16.6. The second-order valence-corrected chi connectivity index (χ2v) is 3.28. The molecule has 2 N–H and O–H groups in total. The molecular formula is C11H12N2O3. The van der Waals surface area contributed by atoms with Gasteiger partial charge < -0.3 is 14.8 Å². The lowest BCUT2D eigenvalue weighted by atomic mass is 10.2. The van der Waals surface area contributed by atoms with Crippen LogP contribution < -0.4 is 0 Å². The van der Waals surface area contributed by atoms with Crippen molar-refractivity contribution in [2.75, 3.05) is 6.61 Å². The minimum absolute atomic E-state index is 0.352. The quantitative estimate of drug-likeness (QED) is 0.603. The largest absolute Gasteiger partial charge is 0.363 e. The summed E-state index contributed by atoms with van der Waals surface area (Å²) in [6.45, 7) is 2.13. The summed E-state index contributed by atoms with van der Waals surface area (Å²) < 4.78 is 5.04. The molecule has 0 aliphatic heterocycles. The molecule has 0 aliphatic carbocycles. The maximum absolute atomic E-state index is 11.0. The predicted molar refractivity (Wildman–Crippen MR) is 58.1 cm³/mol. The number of nitrogens with zero attached hydrogens (tertiary/aromatic N) is 1. The second-order valence-electron chi connectivity index (χ2n) is 3.28. The minimum atomic E-state index is -1.13. The van der Waals surface area contributed by atoms with E-state index in [1.165, 1.54) is 0 Å². The molecule has 0 aromatic carbocycles. The highest BCUT2D eigenvalue weighted by Crippen LogP contribution is 2.24. The number of carbonyl (C=O) groups excluding carboxylic acids is 1. The fraction of sp³-hybridized carbons (Fsp3) is 0.273. The van der Waals surface area contributed by atoms with Crippen LogP contribution in [0.15, 0.2) is 18.3 Å². The van der Waals surface area contributed by atoms with Crippen molar-refractivity contribution in [1.82, 2.24) is 9.97 Å². The summed E-state index contributed by atoms with van der Waals surface area (Å²) in [5.41, 5.74) is 1.31. The van der Waals surface area contributed by atoms with E-state index < -0.39 is 6.29 Å². The molecule has 16 heavy (non-hydrogen) atoms. The molecule has 0 bridgehead atoms. The Hall–Kier alpha value is -1.72. The van der Waals surface area contributed by atoms with E-state index >= 15 is 0 Å². The van der Waals surface area contributed by atoms with Gasteiger partial charge in [-0.15, -0.1) is 0 Å². The van der Waals surface area contributed by atoms with Crippen LogP contribution in [-0.4, -0.2) is 28.0 Å². The van der Waals surface area contributed by atoms with Crippen molar-refractivity contribution in [3.63, 3.8) is 0 Å². The van der Waals surface area contributed by atoms with E-state index in [-0.39, 0.29) is 0 Å². The predicted octanol–water partition coefficient (Wildman–Crippen LogP) is 1.40. The first-order chi connectivity index (χ1) is 7.77. The van der Waals surface area contributed by atoms with Crippen LogP contribution in [0.25, 0.3) is 11.0 Å². The smallest absolute Gasteiger partial charge is 0.197 e. The molecule has 0 saturated heterocycles. The summed E-state index contributed by atoms with van der Waals surface area (Å²) in [6, 6.07) is 3.50. The molecule has 2 aromatic rings. The van der Waals surface area contributed by atoms with Crippen molar-refractivity contribution in [3.05, 3.63) is 29.6 Å². The van der Waals surface area contributed by atoms with E-state index in [9.17, 15) is 9.90 Å². The number of aromatic nitrogens is 2. The summed E-state index contributed by atoms with van der Waals surface area (Å²) in [7, 11) is 0. The number of rotatable bonds is 4. The molecule has 5 heteroatoms. The number of aldehydes is 1. The Kier molecular flexibility index (Phi) is 2.98. The number of aromatic amines is 1. The van der Waals surface area contributed by atoms with Gasteiger partial charge in [-0.3, -0.25) is 4.79 Å². The molecule has 0 saturated carbocycles. The molecule has 0 amide bonds. The Morgan fingerprint density at radius 2 is 2.50 bits per heavy atom. The molecule has 0 aliphatic rings. The molecular weight excluding hydrogens is 208 g/mol. The van der Waals surface area contributed by atoms with Crippen LogP contribution in [0.3, 0.4) is 0 Å². The Labute approximate surface area is 92.1 Å². The Morgan fingerprint density at radius 1 is 1.69 bits per heavy atom. The zero-order valence-corrected chi connectivity index (χ0v) is 8.80. The Morgan fingerprint density at radius 3 is 3.19 bits per heavy atom. The highest BCUT2D eigenvalue weighted by molar-refractivity contribution is 5.97.